The van der Waals surface area contributed by atoms with Crippen molar-refractivity contribution in [3.8, 4) is 0 Å². The molecular weight excluding hydrogens is 324 g/mol. The van der Waals surface area contributed by atoms with Gasteiger partial charge in [0.05, 0.1) is 0 Å². The first-order chi connectivity index (χ1) is 11.2. The number of carbonyl (C=O) groups is 2. The zero-order valence-corrected chi connectivity index (χ0v) is 16.0. The molecular formula is C18H28N2O3S. The quantitative estimate of drug-likeness (QED) is 0.739. The fourth-order valence-electron chi connectivity index (χ4n) is 1.82. The second kappa shape index (κ2) is 9.57. The van der Waals surface area contributed by atoms with Crippen molar-refractivity contribution in [1.29, 1.82) is 0 Å². The van der Waals surface area contributed by atoms with Crippen LogP contribution in [0.15, 0.2) is 24.3 Å². The predicted octanol–water partition coefficient (Wildman–Crippen LogP) is 3.26. The lowest BCUT2D eigenvalue weighted by molar-refractivity contribution is -0.122. The van der Waals surface area contributed by atoms with Crippen LogP contribution in [0.3, 0.4) is 0 Å². The number of hydrogen-bond acceptors (Lipinski definition) is 4. The second-order valence-corrected chi connectivity index (χ2v) is 7.80. The standard InChI is InChI=1S/C18H28N2O3S/c1-13-6-8-15(9-7-13)12-24-11-10-19-16(21)14(2)20-17(22)23-18(3,4)5/h6-9,14H,10-12H2,1-5H3,(H,19,21)(H,20,22)/t14-/m1/s1. The van der Waals surface area contributed by atoms with Crippen molar-refractivity contribution in [3.63, 3.8) is 0 Å². The SMILES string of the molecule is Cc1ccc(CSCCNC(=O)[C@@H](C)NC(=O)OC(C)(C)C)cc1. The van der Waals surface area contributed by atoms with Crippen LogP contribution in [0.2, 0.25) is 0 Å². The molecule has 0 aliphatic heterocycles. The maximum atomic E-state index is 11.9. The lowest BCUT2D eigenvalue weighted by Gasteiger charge is -2.21. The molecule has 2 N–H and O–H groups in total. The third-order valence-electron chi connectivity index (χ3n) is 3.06. The summed E-state index contributed by atoms with van der Waals surface area (Å²) in [7, 11) is 0. The number of aryl methyl sites for hydroxylation is 1. The zero-order valence-electron chi connectivity index (χ0n) is 15.1. The average Bonchev–Trinajstić information content (AvgIpc) is 2.46. The summed E-state index contributed by atoms with van der Waals surface area (Å²) in [6, 6.07) is 7.81. The highest BCUT2D eigenvalue weighted by atomic mass is 32.2. The predicted molar refractivity (Wildman–Crippen MR) is 99.2 cm³/mol. The molecule has 0 aliphatic carbocycles. The average molecular weight is 353 g/mol. The van der Waals surface area contributed by atoms with E-state index in [0.29, 0.717) is 6.54 Å². The maximum absolute atomic E-state index is 11.9. The molecule has 24 heavy (non-hydrogen) atoms. The van der Waals surface area contributed by atoms with Gasteiger partial charge in [-0.25, -0.2) is 4.79 Å². The van der Waals surface area contributed by atoms with Gasteiger partial charge in [-0.1, -0.05) is 29.8 Å². The number of hydrogen-bond donors (Lipinski definition) is 2. The normalized spacial score (nSPS) is 12.4. The maximum Gasteiger partial charge on any atom is 0.408 e. The molecule has 5 nitrogen and oxygen atoms in total. The van der Waals surface area contributed by atoms with Gasteiger partial charge in [-0.15, -0.1) is 0 Å². The van der Waals surface area contributed by atoms with E-state index in [0.717, 1.165) is 11.5 Å². The number of benzene rings is 1. The van der Waals surface area contributed by atoms with Gasteiger partial charge in [0.1, 0.15) is 11.6 Å². The van der Waals surface area contributed by atoms with Crippen LogP contribution in [0.1, 0.15) is 38.8 Å². The first-order valence-corrected chi connectivity index (χ1v) is 9.23. The monoisotopic (exact) mass is 352 g/mol. The lowest BCUT2D eigenvalue weighted by Crippen LogP contribution is -2.46. The van der Waals surface area contributed by atoms with E-state index in [1.807, 2.05) is 0 Å². The molecule has 0 spiro atoms. The Morgan fingerprint density at radius 2 is 1.83 bits per heavy atom. The molecule has 6 heteroatoms. The van der Waals surface area contributed by atoms with Crippen LogP contribution >= 0.6 is 11.8 Å². The summed E-state index contributed by atoms with van der Waals surface area (Å²) in [5, 5.41) is 5.34. The molecule has 0 fully saturated rings. The van der Waals surface area contributed by atoms with Gasteiger partial charge in [-0.3, -0.25) is 4.79 Å². The molecule has 134 valence electrons. The third-order valence-corrected chi connectivity index (χ3v) is 4.09. The molecule has 1 aromatic carbocycles. The molecule has 2 amide bonds. The number of rotatable bonds is 7. The van der Waals surface area contributed by atoms with Gasteiger partial charge in [0.25, 0.3) is 0 Å². The first-order valence-electron chi connectivity index (χ1n) is 8.08. The number of amides is 2. The Hall–Kier alpha value is -1.69. The Kier molecular flexibility index (Phi) is 8.11. The van der Waals surface area contributed by atoms with Gasteiger partial charge >= 0.3 is 6.09 Å². The Balaban J connectivity index is 2.18. The van der Waals surface area contributed by atoms with Crippen molar-refractivity contribution >= 4 is 23.8 Å². The van der Waals surface area contributed by atoms with Crippen molar-refractivity contribution in [2.45, 2.75) is 52.0 Å². The molecule has 1 rings (SSSR count). The van der Waals surface area contributed by atoms with Gasteiger partial charge < -0.3 is 15.4 Å². The molecule has 0 saturated heterocycles. The van der Waals surface area contributed by atoms with E-state index in [1.54, 1.807) is 39.5 Å². The smallest absolute Gasteiger partial charge is 0.408 e. The lowest BCUT2D eigenvalue weighted by atomic mass is 10.2. The molecule has 1 aromatic rings. The minimum atomic E-state index is -0.623. The van der Waals surface area contributed by atoms with Gasteiger partial charge in [-0.2, -0.15) is 11.8 Å². The number of alkyl carbamates (subject to hydrolysis) is 1. The van der Waals surface area contributed by atoms with E-state index in [-0.39, 0.29) is 5.91 Å². The largest absolute Gasteiger partial charge is 0.444 e. The minimum Gasteiger partial charge on any atom is -0.444 e. The van der Waals surface area contributed by atoms with Gasteiger partial charge in [0, 0.05) is 18.1 Å². The van der Waals surface area contributed by atoms with Crippen LogP contribution in [0, 0.1) is 6.92 Å². The van der Waals surface area contributed by atoms with Crippen molar-refractivity contribution in [2.75, 3.05) is 12.3 Å². The number of ether oxygens (including phenoxy) is 1. The second-order valence-electron chi connectivity index (χ2n) is 6.70. The van der Waals surface area contributed by atoms with Crippen LogP contribution in [-0.4, -0.2) is 35.9 Å². The third kappa shape index (κ3) is 8.82. The molecule has 0 unspecified atom stereocenters. The van der Waals surface area contributed by atoms with Crippen molar-refractivity contribution in [3.05, 3.63) is 35.4 Å². The summed E-state index contributed by atoms with van der Waals surface area (Å²) in [5.41, 5.74) is 1.95. The highest BCUT2D eigenvalue weighted by molar-refractivity contribution is 7.98. The van der Waals surface area contributed by atoms with E-state index in [1.165, 1.54) is 11.1 Å². The van der Waals surface area contributed by atoms with Crippen LogP contribution < -0.4 is 10.6 Å². The van der Waals surface area contributed by atoms with E-state index in [2.05, 4.69) is 41.8 Å². The van der Waals surface area contributed by atoms with Crippen LogP contribution in [0.25, 0.3) is 0 Å². The summed E-state index contributed by atoms with van der Waals surface area (Å²) in [6.07, 6.45) is -0.584. The number of nitrogens with one attached hydrogen (secondary N) is 2. The van der Waals surface area contributed by atoms with Crippen molar-refractivity contribution in [1.82, 2.24) is 10.6 Å². The minimum absolute atomic E-state index is 0.211. The molecule has 0 bridgehead atoms. The zero-order chi connectivity index (χ0) is 18.2. The molecule has 0 aliphatic rings. The Morgan fingerprint density at radius 1 is 1.21 bits per heavy atom. The van der Waals surface area contributed by atoms with E-state index >= 15 is 0 Å². The van der Waals surface area contributed by atoms with E-state index in [4.69, 9.17) is 4.74 Å². The molecule has 0 radical (unpaired) electrons. The summed E-state index contributed by atoms with van der Waals surface area (Å²) in [6.45, 7) is 9.61. The van der Waals surface area contributed by atoms with Crippen molar-refractivity contribution < 1.29 is 14.3 Å². The highest BCUT2D eigenvalue weighted by Crippen LogP contribution is 2.12. The molecule has 0 heterocycles. The van der Waals surface area contributed by atoms with Crippen LogP contribution in [0.4, 0.5) is 4.79 Å². The highest BCUT2D eigenvalue weighted by Gasteiger charge is 2.20. The summed E-state index contributed by atoms with van der Waals surface area (Å²) in [5.74, 6) is 1.53. The Morgan fingerprint density at radius 3 is 2.42 bits per heavy atom. The van der Waals surface area contributed by atoms with Crippen LogP contribution in [-0.2, 0) is 15.3 Å². The first kappa shape index (κ1) is 20.4. The Labute approximate surface area is 148 Å². The number of carbonyl (C=O) groups excluding carboxylic acids is 2. The topological polar surface area (TPSA) is 67.4 Å². The van der Waals surface area contributed by atoms with Gasteiger partial charge in [0.15, 0.2) is 0 Å². The van der Waals surface area contributed by atoms with E-state index in [9.17, 15) is 9.59 Å². The molecule has 1 atom stereocenters. The van der Waals surface area contributed by atoms with Gasteiger partial charge in [0.2, 0.25) is 5.91 Å². The van der Waals surface area contributed by atoms with E-state index < -0.39 is 17.7 Å². The Bertz CT molecular complexity index is 538. The number of thioether (sulfide) groups is 1. The molecule has 0 aromatic heterocycles. The summed E-state index contributed by atoms with van der Waals surface area (Å²) in [4.78, 5) is 23.5. The van der Waals surface area contributed by atoms with Gasteiger partial charge in [-0.05, 0) is 40.2 Å². The van der Waals surface area contributed by atoms with Crippen molar-refractivity contribution in [2.24, 2.45) is 0 Å². The summed E-state index contributed by atoms with van der Waals surface area (Å²) >= 11 is 1.76. The fourth-order valence-corrected chi connectivity index (χ4v) is 2.64. The fraction of sp³-hybridized carbons (Fsp3) is 0.556. The van der Waals surface area contributed by atoms with Crippen LogP contribution in [0.5, 0.6) is 0 Å². The molecule has 0 saturated carbocycles. The summed E-state index contributed by atoms with van der Waals surface area (Å²) < 4.78 is 5.12.